The first-order valence-corrected chi connectivity index (χ1v) is 14.1. The molecule has 226 valence electrons. The van der Waals surface area contributed by atoms with E-state index in [9.17, 15) is 18.8 Å². The van der Waals surface area contributed by atoms with Crippen molar-refractivity contribution < 1.29 is 23.5 Å². The first-order valence-electron chi connectivity index (χ1n) is 14.1. The highest BCUT2D eigenvalue weighted by Crippen LogP contribution is 2.27. The standard InChI is InChI=1S/C32H37FN6O4/c1-7-28(40)39-11-10-38(17-22(39)5)18-27(23-9-8-19(2)26(33)14-23)43-25-13-20(3)29(35-16-25)32(42)37-30-21(4)12-24(15-36-30)31(41)34-6/h7-9,12-16,22,27H,1,10-11,17-18H2,2-6H3,(H,34,41)(H,36,37,42)/t22-,27-/m1/s1. The molecule has 2 atom stereocenters. The van der Waals surface area contributed by atoms with Crippen LogP contribution in [0.2, 0.25) is 0 Å². The van der Waals surface area contributed by atoms with Gasteiger partial charge in [0.1, 0.15) is 29.2 Å². The zero-order valence-corrected chi connectivity index (χ0v) is 25.1. The highest BCUT2D eigenvalue weighted by Gasteiger charge is 2.29. The molecule has 1 aliphatic rings. The van der Waals surface area contributed by atoms with Gasteiger partial charge in [0.25, 0.3) is 11.8 Å². The monoisotopic (exact) mass is 588 g/mol. The molecule has 0 spiro atoms. The van der Waals surface area contributed by atoms with Crippen molar-refractivity contribution in [2.45, 2.75) is 39.8 Å². The molecule has 3 amide bonds. The number of carbonyl (C=O) groups is 3. The molecule has 10 nitrogen and oxygen atoms in total. The van der Waals surface area contributed by atoms with Gasteiger partial charge in [0.15, 0.2) is 0 Å². The second-order valence-electron chi connectivity index (χ2n) is 10.7. The number of piperazine rings is 1. The van der Waals surface area contributed by atoms with Crippen molar-refractivity contribution in [3.05, 3.63) is 94.7 Å². The van der Waals surface area contributed by atoms with E-state index in [4.69, 9.17) is 4.74 Å². The lowest BCUT2D eigenvalue weighted by molar-refractivity contribution is -0.130. The lowest BCUT2D eigenvalue weighted by Crippen LogP contribution is -2.54. The van der Waals surface area contributed by atoms with Crippen molar-refractivity contribution in [3.8, 4) is 5.75 Å². The van der Waals surface area contributed by atoms with E-state index >= 15 is 0 Å². The SMILES string of the molecule is C=CC(=O)N1CCN(C[C@@H](Oc2cnc(C(=O)Nc3ncc(C(=O)NC)cc3C)c(C)c2)c2ccc(C)c(F)c2)C[C@H]1C. The van der Waals surface area contributed by atoms with Crippen LogP contribution < -0.4 is 15.4 Å². The van der Waals surface area contributed by atoms with Gasteiger partial charge in [-0.05, 0) is 74.2 Å². The van der Waals surface area contributed by atoms with Crippen LogP contribution in [0.5, 0.6) is 5.75 Å². The Morgan fingerprint density at radius 3 is 2.47 bits per heavy atom. The number of aryl methyl sites for hydroxylation is 3. The molecule has 1 saturated heterocycles. The van der Waals surface area contributed by atoms with Gasteiger partial charge in [-0.15, -0.1) is 0 Å². The van der Waals surface area contributed by atoms with Crippen molar-refractivity contribution in [3.63, 3.8) is 0 Å². The molecule has 1 fully saturated rings. The summed E-state index contributed by atoms with van der Waals surface area (Å²) in [4.78, 5) is 49.7. The third kappa shape index (κ3) is 7.42. The quantitative estimate of drug-likeness (QED) is 0.363. The van der Waals surface area contributed by atoms with E-state index in [1.807, 2.05) is 13.0 Å². The largest absolute Gasteiger partial charge is 0.483 e. The minimum absolute atomic E-state index is 0.0190. The average molecular weight is 589 g/mol. The summed E-state index contributed by atoms with van der Waals surface area (Å²) in [5, 5.41) is 5.30. The molecule has 0 unspecified atom stereocenters. The molecular weight excluding hydrogens is 551 g/mol. The number of amides is 3. The fraction of sp³-hybridized carbons (Fsp3) is 0.344. The van der Waals surface area contributed by atoms with E-state index in [-0.39, 0.29) is 29.4 Å². The van der Waals surface area contributed by atoms with Crippen LogP contribution in [0, 0.1) is 26.6 Å². The molecule has 0 saturated carbocycles. The third-order valence-corrected chi connectivity index (χ3v) is 7.51. The summed E-state index contributed by atoms with van der Waals surface area (Å²) in [6.07, 6.45) is 3.66. The zero-order valence-electron chi connectivity index (χ0n) is 25.1. The second-order valence-corrected chi connectivity index (χ2v) is 10.7. The maximum absolute atomic E-state index is 14.6. The van der Waals surface area contributed by atoms with Crippen LogP contribution in [0.25, 0.3) is 0 Å². The lowest BCUT2D eigenvalue weighted by atomic mass is 10.0. The number of aromatic nitrogens is 2. The highest BCUT2D eigenvalue weighted by atomic mass is 19.1. The molecule has 1 aliphatic heterocycles. The Balaban J connectivity index is 1.51. The number of halogens is 1. The van der Waals surface area contributed by atoms with Gasteiger partial charge < -0.3 is 20.3 Å². The van der Waals surface area contributed by atoms with Gasteiger partial charge in [0.2, 0.25) is 5.91 Å². The van der Waals surface area contributed by atoms with E-state index < -0.39 is 12.0 Å². The molecule has 1 aromatic carbocycles. The van der Waals surface area contributed by atoms with Gasteiger partial charge in [0.05, 0.1) is 11.8 Å². The number of pyridine rings is 2. The topological polar surface area (TPSA) is 117 Å². The molecular formula is C32H37FN6O4. The van der Waals surface area contributed by atoms with Crippen molar-refractivity contribution in [1.82, 2.24) is 25.1 Å². The number of anilines is 1. The second kappa shape index (κ2) is 13.6. The number of carbonyl (C=O) groups excluding carboxylic acids is 3. The van der Waals surface area contributed by atoms with Crippen molar-refractivity contribution in [2.75, 3.05) is 38.5 Å². The summed E-state index contributed by atoms with van der Waals surface area (Å²) in [5.74, 6) is -0.395. The lowest BCUT2D eigenvalue weighted by Gasteiger charge is -2.40. The number of benzene rings is 1. The fourth-order valence-electron chi connectivity index (χ4n) is 5.05. The molecule has 2 aromatic heterocycles. The minimum Gasteiger partial charge on any atom is -0.483 e. The van der Waals surface area contributed by atoms with Gasteiger partial charge in [-0.3, -0.25) is 19.3 Å². The summed E-state index contributed by atoms with van der Waals surface area (Å²) in [7, 11) is 1.53. The number of nitrogens with zero attached hydrogens (tertiary/aromatic N) is 4. The smallest absolute Gasteiger partial charge is 0.275 e. The summed E-state index contributed by atoms with van der Waals surface area (Å²) in [6, 6.07) is 8.39. The van der Waals surface area contributed by atoms with E-state index in [1.54, 1.807) is 43.9 Å². The van der Waals surface area contributed by atoms with Crippen LogP contribution in [0.1, 0.15) is 56.1 Å². The number of rotatable bonds is 9. The van der Waals surface area contributed by atoms with Crippen molar-refractivity contribution >= 4 is 23.5 Å². The van der Waals surface area contributed by atoms with Gasteiger partial charge in [-0.2, -0.15) is 0 Å². The fourth-order valence-corrected chi connectivity index (χ4v) is 5.05. The van der Waals surface area contributed by atoms with E-state index in [1.165, 1.54) is 31.6 Å². The third-order valence-electron chi connectivity index (χ3n) is 7.51. The Hall–Kier alpha value is -4.64. The van der Waals surface area contributed by atoms with E-state index in [0.717, 1.165) is 0 Å². The van der Waals surface area contributed by atoms with E-state index in [0.29, 0.717) is 65.6 Å². The summed E-state index contributed by atoms with van der Waals surface area (Å²) < 4.78 is 21.0. The molecule has 0 bridgehead atoms. The van der Waals surface area contributed by atoms with Gasteiger partial charge in [0, 0.05) is 45.5 Å². The van der Waals surface area contributed by atoms with Crippen molar-refractivity contribution in [1.29, 1.82) is 0 Å². The van der Waals surface area contributed by atoms with Crippen LogP contribution >= 0.6 is 0 Å². The van der Waals surface area contributed by atoms with Gasteiger partial charge >= 0.3 is 0 Å². The predicted molar refractivity (Wildman–Crippen MR) is 162 cm³/mol. The highest BCUT2D eigenvalue weighted by molar-refractivity contribution is 6.04. The summed E-state index contributed by atoms with van der Waals surface area (Å²) in [5.41, 5.74) is 2.99. The zero-order chi connectivity index (χ0) is 31.3. The molecule has 43 heavy (non-hydrogen) atoms. The Morgan fingerprint density at radius 2 is 1.84 bits per heavy atom. The first kappa shape index (κ1) is 31.3. The van der Waals surface area contributed by atoms with Crippen LogP contribution in [-0.2, 0) is 4.79 Å². The number of nitrogens with one attached hydrogen (secondary N) is 2. The van der Waals surface area contributed by atoms with E-state index in [2.05, 4.69) is 32.1 Å². The average Bonchev–Trinajstić information content (AvgIpc) is 2.98. The molecule has 3 heterocycles. The minimum atomic E-state index is -0.532. The summed E-state index contributed by atoms with van der Waals surface area (Å²) >= 11 is 0. The van der Waals surface area contributed by atoms with Crippen LogP contribution in [0.15, 0.2) is 55.4 Å². The van der Waals surface area contributed by atoms with Crippen molar-refractivity contribution in [2.24, 2.45) is 0 Å². The molecule has 0 aliphatic carbocycles. The predicted octanol–water partition coefficient (Wildman–Crippen LogP) is 3.99. The summed E-state index contributed by atoms with van der Waals surface area (Å²) in [6.45, 7) is 13.1. The normalized spacial score (nSPS) is 15.9. The maximum Gasteiger partial charge on any atom is 0.275 e. The molecule has 0 radical (unpaired) electrons. The Labute approximate surface area is 251 Å². The molecule has 3 aromatic rings. The maximum atomic E-state index is 14.6. The Morgan fingerprint density at radius 1 is 1.07 bits per heavy atom. The first-order chi connectivity index (χ1) is 20.5. The number of hydrogen-bond acceptors (Lipinski definition) is 7. The number of hydrogen-bond donors (Lipinski definition) is 2. The Kier molecular flexibility index (Phi) is 9.87. The Bertz CT molecular complexity index is 1540. The van der Waals surface area contributed by atoms with Gasteiger partial charge in [-0.25, -0.2) is 14.4 Å². The molecule has 11 heteroatoms. The molecule has 4 rings (SSSR count). The van der Waals surface area contributed by atoms with Crippen LogP contribution in [0.4, 0.5) is 10.2 Å². The van der Waals surface area contributed by atoms with Crippen LogP contribution in [0.3, 0.4) is 0 Å². The van der Waals surface area contributed by atoms with Gasteiger partial charge in [-0.1, -0.05) is 18.7 Å². The molecule has 2 N–H and O–H groups in total. The van der Waals surface area contributed by atoms with Crippen LogP contribution in [-0.4, -0.2) is 76.8 Å². The number of ether oxygens (including phenoxy) is 1.